The highest BCUT2D eigenvalue weighted by molar-refractivity contribution is 5.99. The molecule has 2 aliphatic rings. The highest BCUT2D eigenvalue weighted by atomic mass is 16.6. The third-order valence-electron chi connectivity index (χ3n) is 7.64. The van der Waals surface area contributed by atoms with Crippen molar-refractivity contribution in [2.24, 2.45) is 5.92 Å². The summed E-state index contributed by atoms with van der Waals surface area (Å²) in [6, 6.07) is 15.2. The SMILES string of the molecule is COc1ccc(C[C@H](CC(=O)[C@@H](C)NC(=O)C2=CCCC2)C(=O)N[C@@H](Cc2ccccc2)C(=O)[C@@]2(C)CO2)cc1. The third kappa shape index (κ3) is 7.66. The molecule has 8 heteroatoms. The number of methoxy groups -OCH3 is 1. The second-order valence-corrected chi connectivity index (χ2v) is 10.9. The van der Waals surface area contributed by atoms with Gasteiger partial charge in [0.1, 0.15) is 11.4 Å². The Morgan fingerprint density at radius 3 is 2.25 bits per heavy atom. The highest BCUT2D eigenvalue weighted by Gasteiger charge is 2.50. The lowest BCUT2D eigenvalue weighted by molar-refractivity contribution is -0.134. The zero-order valence-electron chi connectivity index (χ0n) is 23.4. The number of carbonyl (C=O) groups excluding carboxylic acids is 4. The van der Waals surface area contributed by atoms with E-state index in [0.29, 0.717) is 30.8 Å². The van der Waals surface area contributed by atoms with Crippen LogP contribution in [0.25, 0.3) is 0 Å². The van der Waals surface area contributed by atoms with Crippen LogP contribution >= 0.6 is 0 Å². The zero-order valence-corrected chi connectivity index (χ0v) is 23.4. The van der Waals surface area contributed by atoms with Crippen LogP contribution < -0.4 is 15.4 Å². The van der Waals surface area contributed by atoms with Crippen molar-refractivity contribution in [2.75, 3.05) is 13.7 Å². The van der Waals surface area contributed by atoms with Crippen LogP contribution in [0.2, 0.25) is 0 Å². The number of nitrogens with one attached hydrogen (secondary N) is 2. The van der Waals surface area contributed by atoms with Crippen LogP contribution in [-0.2, 0) is 36.8 Å². The molecular weight excluding hydrogens is 508 g/mol. The van der Waals surface area contributed by atoms with Crippen LogP contribution in [0.1, 0.15) is 50.7 Å². The summed E-state index contributed by atoms with van der Waals surface area (Å²) in [6.45, 7) is 3.68. The van der Waals surface area contributed by atoms with E-state index in [4.69, 9.17) is 9.47 Å². The molecule has 0 radical (unpaired) electrons. The summed E-state index contributed by atoms with van der Waals surface area (Å²) in [5.41, 5.74) is 1.54. The van der Waals surface area contributed by atoms with Gasteiger partial charge in [0.15, 0.2) is 11.6 Å². The Morgan fingerprint density at radius 1 is 0.975 bits per heavy atom. The number of allylic oxidation sites excluding steroid dienone is 1. The fourth-order valence-corrected chi connectivity index (χ4v) is 4.94. The van der Waals surface area contributed by atoms with Crippen molar-refractivity contribution < 1.29 is 28.7 Å². The minimum Gasteiger partial charge on any atom is -0.497 e. The minimum atomic E-state index is -0.915. The van der Waals surface area contributed by atoms with Crippen LogP contribution in [0.4, 0.5) is 0 Å². The molecule has 2 amide bonds. The van der Waals surface area contributed by atoms with Gasteiger partial charge in [-0.25, -0.2) is 0 Å². The van der Waals surface area contributed by atoms with Crippen molar-refractivity contribution in [1.82, 2.24) is 10.6 Å². The van der Waals surface area contributed by atoms with Crippen molar-refractivity contribution in [3.63, 3.8) is 0 Å². The normalized spacial score (nSPS) is 20.0. The lowest BCUT2D eigenvalue weighted by Crippen LogP contribution is -2.50. The largest absolute Gasteiger partial charge is 0.497 e. The van der Waals surface area contributed by atoms with Gasteiger partial charge in [-0.3, -0.25) is 19.2 Å². The van der Waals surface area contributed by atoms with Crippen molar-refractivity contribution in [3.05, 3.63) is 77.4 Å². The van der Waals surface area contributed by atoms with E-state index in [9.17, 15) is 19.2 Å². The number of benzene rings is 2. The number of hydrogen-bond donors (Lipinski definition) is 2. The first-order valence-corrected chi connectivity index (χ1v) is 13.9. The maximum atomic E-state index is 13.7. The van der Waals surface area contributed by atoms with E-state index in [1.165, 1.54) is 0 Å². The Morgan fingerprint density at radius 2 is 1.65 bits per heavy atom. The number of rotatable bonds is 14. The summed E-state index contributed by atoms with van der Waals surface area (Å²) in [5, 5.41) is 5.73. The van der Waals surface area contributed by atoms with Crippen molar-refractivity contribution in [1.29, 1.82) is 0 Å². The number of epoxide rings is 1. The molecule has 0 aromatic heterocycles. The molecule has 0 unspecified atom stereocenters. The Labute approximate surface area is 235 Å². The number of Topliss-reactive ketones (excluding diaryl/α,β-unsaturated/α-hetero) is 2. The first-order chi connectivity index (χ1) is 19.2. The van der Waals surface area contributed by atoms with E-state index in [1.807, 2.05) is 48.5 Å². The summed E-state index contributed by atoms with van der Waals surface area (Å²) >= 11 is 0. The molecule has 2 N–H and O–H groups in total. The van der Waals surface area contributed by atoms with Gasteiger partial charge in [0.25, 0.3) is 0 Å². The molecule has 1 heterocycles. The molecule has 4 atom stereocenters. The monoisotopic (exact) mass is 546 g/mol. The fraction of sp³-hybridized carbons (Fsp3) is 0.438. The maximum Gasteiger partial charge on any atom is 0.247 e. The predicted molar refractivity (Wildman–Crippen MR) is 151 cm³/mol. The van der Waals surface area contributed by atoms with Gasteiger partial charge < -0.3 is 20.1 Å². The van der Waals surface area contributed by atoms with Crippen LogP contribution in [0.15, 0.2) is 66.2 Å². The minimum absolute atomic E-state index is 0.0849. The van der Waals surface area contributed by atoms with Gasteiger partial charge in [0.05, 0.1) is 25.8 Å². The van der Waals surface area contributed by atoms with Gasteiger partial charge in [-0.05, 0) is 69.2 Å². The van der Waals surface area contributed by atoms with E-state index in [1.54, 1.807) is 33.1 Å². The van der Waals surface area contributed by atoms with Gasteiger partial charge in [-0.2, -0.15) is 0 Å². The number of ketones is 2. The maximum absolute atomic E-state index is 13.7. The van der Waals surface area contributed by atoms with E-state index in [2.05, 4.69) is 10.6 Å². The molecule has 40 heavy (non-hydrogen) atoms. The molecule has 4 rings (SSSR count). The Kier molecular flexibility index (Phi) is 9.53. The molecule has 0 bridgehead atoms. The molecule has 0 spiro atoms. The number of hydrogen-bond acceptors (Lipinski definition) is 6. The lowest BCUT2D eigenvalue weighted by Gasteiger charge is -2.24. The van der Waals surface area contributed by atoms with Crippen molar-refractivity contribution >= 4 is 23.4 Å². The highest BCUT2D eigenvalue weighted by Crippen LogP contribution is 2.29. The molecule has 2 aromatic rings. The van der Waals surface area contributed by atoms with Gasteiger partial charge in [0.2, 0.25) is 11.8 Å². The summed E-state index contributed by atoms with van der Waals surface area (Å²) < 4.78 is 10.6. The first kappa shape index (κ1) is 29.2. The number of amides is 2. The second-order valence-electron chi connectivity index (χ2n) is 10.9. The van der Waals surface area contributed by atoms with Gasteiger partial charge >= 0.3 is 0 Å². The lowest BCUT2D eigenvalue weighted by atomic mass is 9.89. The second kappa shape index (κ2) is 13.0. The molecule has 1 aliphatic heterocycles. The van der Waals surface area contributed by atoms with E-state index in [-0.39, 0.29) is 36.2 Å². The Balaban J connectivity index is 1.50. The van der Waals surface area contributed by atoms with Crippen molar-refractivity contribution in [2.45, 2.75) is 70.1 Å². The molecule has 1 saturated heterocycles. The average molecular weight is 547 g/mol. The van der Waals surface area contributed by atoms with Gasteiger partial charge in [-0.15, -0.1) is 0 Å². The van der Waals surface area contributed by atoms with E-state index < -0.39 is 23.6 Å². The predicted octanol–water partition coefficient (Wildman–Crippen LogP) is 3.51. The molecule has 2 aromatic carbocycles. The first-order valence-electron chi connectivity index (χ1n) is 13.9. The van der Waals surface area contributed by atoms with Crippen molar-refractivity contribution in [3.8, 4) is 5.75 Å². The molecular formula is C32H38N2O6. The Hall–Kier alpha value is -3.78. The summed E-state index contributed by atoms with van der Waals surface area (Å²) in [6.07, 6.45) is 4.92. The quantitative estimate of drug-likeness (QED) is 0.351. The van der Waals surface area contributed by atoms with E-state index in [0.717, 1.165) is 24.0 Å². The zero-order chi connectivity index (χ0) is 28.7. The van der Waals surface area contributed by atoms with Crippen LogP contribution in [-0.4, -0.2) is 54.8 Å². The number of carbonyl (C=O) groups is 4. The molecule has 0 saturated carbocycles. The molecule has 1 aliphatic carbocycles. The fourth-order valence-electron chi connectivity index (χ4n) is 4.94. The van der Waals surface area contributed by atoms with Gasteiger partial charge in [0, 0.05) is 17.9 Å². The molecule has 8 nitrogen and oxygen atoms in total. The van der Waals surface area contributed by atoms with Crippen LogP contribution in [0, 0.1) is 5.92 Å². The van der Waals surface area contributed by atoms with E-state index >= 15 is 0 Å². The Bertz CT molecular complexity index is 1250. The standard InChI is InChI=1S/C32H38N2O6/c1-21(33-30(37)24-11-7-8-12-24)28(35)19-25(17-23-13-15-26(39-3)16-14-23)31(38)34-27(29(36)32(2)20-40-32)18-22-9-5-4-6-10-22/h4-6,9-11,13-16,21,25,27H,7-8,12,17-20H2,1-3H3,(H,33,37)(H,34,38)/t21-,25-,27+,32-/m1/s1. The van der Waals surface area contributed by atoms with Crippen LogP contribution in [0.3, 0.4) is 0 Å². The smallest absolute Gasteiger partial charge is 0.247 e. The van der Waals surface area contributed by atoms with Gasteiger partial charge in [-0.1, -0.05) is 48.5 Å². The molecule has 1 fully saturated rings. The topological polar surface area (TPSA) is 114 Å². The average Bonchev–Trinajstić information content (AvgIpc) is 3.47. The number of ether oxygens (including phenoxy) is 2. The molecule has 212 valence electrons. The third-order valence-corrected chi connectivity index (χ3v) is 7.64. The summed E-state index contributed by atoms with van der Waals surface area (Å²) in [7, 11) is 1.58. The summed E-state index contributed by atoms with van der Waals surface area (Å²) in [4.78, 5) is 52.9. The summed E-state index contributed by atoms with van der Waals surface area (Å²) in [5.74, 6) is -1.12. The van der Waals surface area contributed by atoms with Crippen LogP contribution in [0.5, 0.6) is 5.75 Å².